The largest absolute Gasteiger partial charge is 4.00 e. The van der Waals surface area contributed by atoms with Crippen molar-refractivity contribution in [3.63, 3.8) is 0 Å². The van der Waals surface area contributed by atoms with E-state index in [2.05, 4.69) is 27.9 Å². The first-order chi connectivity index (χ1) is 22.5. The third-order valence-corrected chi connectivity index (χ3v) is 62.2. The van der Waals surface area contributed by atoms with Gasteiger partial charge >= 0.3 is 356 Å². The van der Waals surface area contributed by atoms with E-state index in [4.69, 9.17) is 0 Å². The van der Waals surface area contributed by atoms with Crippen LogP contribution in [0.4, 0.5) is 0 Å². The molecule has 0 N–H and O–H groups in total. The van der Waals surface area contributed by atoms with Crippen LogP contribution in [0.2, 0.25) is 0 Å². The molecule has 0 unspecified atom stereocenters. The van der Waals surface area contributed by atoms with Gasteiger partial charge in [-0.15, -0.1) is 0 Å². The fourth-order valence-corrected chi connectivity index (χ4v) is 60.0. The van der Waals surface area contributed by atoms with Crippen LogP contribution >= 0.6 is 7.82 Å². The first-order valence-corrected chi connectivity index (χ1v) is 49.5. The molecule has 0 amide bonds. The molecule has 0 radical (unpaired) electrons. The van der Waals surface area contributed by atoms with Crippen molar-refractivity contribution in [2.45, 2.75) is 0 Å². The van der Waals surface area contributed by atoms with Crippen molar-refractivity contribution < 1.29 is 348 Å². The zero-order chi connectivity index (χ0) is 43.0. The summed E-state index contributed by atoms with van der Waals surface area (Å²) in [4.78, 5) is 0. The van der Waals surface area contributed by atoms with Gasteiger partial charge in [-0.05, 0) is 0 Å². The van der Waals surface area contributed by atoms with Crippen molar-refractivity contribution in [3.05, 3.63) is 0 Å². The van der Waals surface area contributed by atoms with Crippen LogP contribution in [0.1, 0.15) is 0 Å². The fraction of sp³-hybridized carbons (Fsp3) is 0. The summed E-state index contributed by atoms with van der Waals surface area (Å²) in [5.74, 6) is 0. The van der Waals surface area contributed by atoms with Crippen LogP contribution in [0, 0.1) is 0 Å². The third kappa shape index (κ3) is 29.2. The zero-order valence-electron chi connectivity index (χ0n) is 22.2. The van der Waals surface area contributed by atoms with Crippen LogP contribution in [0.25, 0.3) is 0 Å². The van der Waals surface area contributed by atoms with Gasteiger partial charge in [-0.3, -0.25) is 0 Å². The van der Waals surface area contributed by atoms with Crippen LogP contribution in [0.5, 0.6) is 0 Å². The summed E-state index contributed by atoms with van der Waals surface area (Å²) in [7, 11) is -7.94. The molecule has 0 rings (SSSR count). The van der Waals surface area contributed by atoms with Gasteiger partial charge in [0.05, 0.1) is 0 Å². The Kier molecular flexibility index (Phi) is 22.3. The Hall–Kier alpha value is 3.80. The first-order valence-electron chi connectivity index (χ1n) is 8.73. The Morgan fingerprint density at radius 1 is 0.259 bits per heavy atom. The number of hydrogen-bond acceptors (Lipinski definition) is 40. The third-order valence-electron chi connectivity index (χ3n) is 2.05. The molecule has 0 aliphatic heterocycles. The molecule has 320 valence electrons. The van der Waals surface area contributed by atoms with Crippen molar-refractivity contribution in [3.8, 4) is 0 Å². The van der Waals surface area contributed by atoms with Gasteiger partial charge in [0.2, 0.25) is 0 Å². The van der Waals surface area contributed by atoms with E-state index in [1.807, 2.05) is 0 Å². The number of hydrogen-bond donors (Lipinski definition) is 0. The maximum Gasteiger partial charge on any atom is 4.00 e. The first kappa shape index (κ1) is 59.9. The molecule has 0 fully saturated rings. The molecule has 54 heavy (non-hydrogen) atoms. The van der Waals surface area contributed by atoms with Crippen LogP contribution in [0.3, 0.4) is 0 Å². The number of rotatable bonds is 24. The quantitative estimate of drug-likeness (QED) is 0.0640. The van der Waals surface area contributed by atoms with Crippen LogP contribution in [-0.2, 0) is 337 Å². The molecule has 0 aromatic carbocycles. The molecular weight excluding hydrogens is 1870 g/mol. The monoisotopic (exact) mass is 1890 g/mol. The van der Waals surface area contributed by atoms with Crippen LogP contribution < -0.4 is 11.3 Å². The second-order valence-electron chi connectivity index (χ2n) is 6.18. The maximum atomic E-state index is 12.7. The minimum Gasteiger partial charge on any atom is 4.00 e. The average Bonchev–Trinajstić information content (AvgIpc) is 2.58. The average molecular weight is 1870 g/mol. The van der Waals surface area contributed by atoms with Crippen molar-refractivity contribution in [2.24, 2.45) is 0 Å². The molecule has 0 heterocycles. The van der Waals surface area contributed by atoms with E-state index in [0.717, 1.165) is 0 Å². The van der Waals surface area contributed by atoms with Gasteiger partial charge in [-0.25, -0.2) is 0 Å². The van der Waals surface area contributed by atoms with Crippen LogP contribution in [0.15, 0.2) is 0 Å². The molecular formula is Mo12O40PTi+. The van der Waals surface area contributed by atoms with Crippen LogP contribution in [-0.4, -0.2) is 0 Å². The van der Waals surface area contributed by atoms with E-state index in [1.54, 1.807) is 0 Å². The summed E-state index contributed by atoms with van der Waals surface area (Å²) < 4.78 is 351. The molecule has 0 atom stereocenters. The van der Waals surface area contributed by atoms with Gasteiger partial charge in [0.1, 0.15) is 0 Å². The zero-order valence-corrected chi connectivity index (χ0v) is 48.7. The Bertz CT molecular complexity index is 2510. The normalized spacial score (nSPS) is 15.3. The van der Waals surface area contributed by atoms with Gasteiger partial charge < -0.3 is 0 Å². The molecule has 0 aromatic heterocycles. The van der Waals surface area contributed by atoms with E-state index in [-0.39, 0.29) is 21.7 Å². The molecule has 0 saturated carbocycles. The van der Waals surface area contributed by atoms with E-state index in [9.17, 15) is 97.4 Å². The van der Waals surface area contributed by atoms with Crippen molar-refractivity contribution >= 4 is 7.82 Å². The minimum absolute atomic E-state index is 0. The Morgan fingerprint density at radius 2 is 0.389 bits per heavy atom. The summed E-state index contributed by atoms with van der Waals surface area (Å²) in [6.07, 6.45) is 0. The molecule has 0 spiro atoms. The predicted octanol–water partition coefficient (Wildman–Crippen LogP) is -6.53. The topological polar surface area (TPSA) is 607 Å². The Morgan fingerprint density at radius 3 is 0.537 bits per heavy atom. The van der Waals surface area contributed by atoms with E-state index >= 15 is 0 Å². The SMILES string of the molecule is O=P([O][Mo](=[O])(=[O])[O][Mo](=[O])(=[O])[O][Mo](=[O])(=[O])[O][Mo](=[O])(=[O])[O-])([O][Mo](=[O])(=[O])[O][Mo](=[O])(=[O])[O][Mo](=[O])(=[O])[O][Mo](=[O])(=[O])[O-])[O][Mo](=[O])(=[O])[O][Mo](=[O])(=[O])[O][Mo](=[O])(=[O])[O][Mo](=[O])(=[O])[O-].[Ti+4]. The molecule has 0 aliphatic rings. The summed E-state index contributed by atoms with van der Waals surface area (Å²) in [5.41, 5.74) is 0. The summed E-state index contributed by atoms with van der Waals surface area (Å²) in [6, 6.07) is 0. The molecule has 0 aromatic rings. The van der Waals surface area contributed by atoms with Gasteiger partial charge in [0, 0.05) is 0 Å². The van der Waals surface area contributed by atoms with E-state index in [0.29, 0.717) is 0 Å². The van der Waals surface area contributed by atoms with Gasteiger partial charge in [0.25, 0.3) is 0 Å². The van der Waals surface area contributed by atoms with Crippen molar-refractivity contribution in [1.29, 1.82) is 0 Å². The second-order valence-corrected chi connectivity index (χ2v) is 55.7. The maximum absolute atomic E-state index is 12.7. The standard InChI is InChI=1S/12Mo.H3O4P.36O.Ti/c;;;;;;;;;;;;1-5(2,3)4;;;;;;;;;;;;;;;;;;;;;;;;;;;;;;;;;;;;;/h;;;;;;;;;;;;(H3,1,2,3,4);;;;;;;;;;;;;;;;;;;;;;;;;;;;;;;;;;;;;/q;;;;;;;;;3*+1;;;;;;;;;;;;;;;;;;;;;;;;;;;;;;;;;;;3*-1;+4/p-3. The molecule has 0 aliphatic carbocycles. The van der Waals surface area contributed by atoms with E-state index in [1.165, 1.54) is 0 Å². The Labute approximate surface area is 348 Å². The van der Waals surface area contributed by atoms with Gasteiger partial charge in [-0.1, -0.05) is 0 Å². The van der Waals surface area contributed by atoms with E-state index < -0.39 is 209 Å². The fourth-order valence-electron chi connectivity index (χ4n) is 1.40. The molecule has 54 heteroatoms. The van der Waals surface area contributed by atoms with Crippen molar-refractivity contribution in [1.82, 2.24) is 0 Å². The molecule has 0 saturated heterocycles. The predicted molar refractivity (Wildman–Crippen MR) is 37.1 cm³/mol. The summed E-state index contributed by atoms with van der Waals surface area (Å²) >= 11 is -98.5. The van der Waals surface area contributed by atoms with Crippen molar-refractivity contribution in [2.75, 3.05) is 0 Å². The summed E-state index contributed by atoms with van der Waals surface area (Å²) in [6.45, 7) is 0. The molecule has 0 bridgehead atoms. The molecule has 40 nitrogen and oxygen atoms in total. The number of phosphoric acid groups is 1. The van der Waals surface area contributed by atoms with Gasteiger partial charge in [-0.2, -0.15) is 0 Å². The second kappa shape index (κ2) is 20.1. The summed E-state index contributed by atoms with van der Waals surface area (Å²) in [5, 5.41) is 0. The Balaban J connectivity index is 0. The van der Waals surface area contributed by atoms with Gasteiger partial charge in [0.15, 0.2) is 0 Å². The minimum atomic E-state index is -8.82. The smallest absolute Gasteiger partial charge is 4.00 e.